The maximum Gasteiger partial charge on any atom is 0.326 e. The smallest absolute Gasteiger partial charge is 0.326 e. The summed E-state index contributed by atoms with van der Waals surface area (Å²) in [5, 5.41) is 12.0. The summed E-state index contributed by atoms with van der Waals surface area (Å²) >= 11 is 0. The zero-order chi connectivity index (χ0) is 21.2. The van der Waals surface area contributed by atoms with Crippen LogP contribution in [0.25, 0.3) is 0 Å². The fourth-order valence-corrected chi connectivity index (χ4v) is 3.62. The van der Waals surface area contributed by atoms with E-state index in [0.717, 1.165) is 24.8 Å². The summed E-state index contributed by atoms with van der Waals surface area (Å²) in [6.45, 7) is 2.26. The molecule has 29 heavy (non-hydrogen) atoms. The van der Waals surface area contributed by atoms with E-state index in [1.807, 2.05) is 30.3 Å². The lowest BCUT2D eigenvalue weighted by molar-refractivity contribution is -0.141. The van der Waals surface area contributed by atoms with Gasteiger partial charge in [0.2, 0.25) is 5.91 Å². The Kier molecular flexibility index (Phi) is 14.8. The van der Waals surface area contributed by atoms with E-state index in [4.69, 9.17) is 0 Å². The molecule has 1 unspecified atom stereocenters. The van der Waals surface area contributed by atoms with Crippen molar-refractivity contribution >= 4 is 11.9 Å². The summed E-state index contributed by atoms with van der Waals surface area (Å²) in [5.41, 5.74) is 0.918. The third-order valence-electron chi connectivity index (χ3n) is 5.42. The predicted molar refractivity (Wildman–Crippen MR) is 120 cm³/mol. The molecule has 0 saturated carbocycles. The lowest BCUT2D eigenvalue weighted by Gasteiger charge is -2.14. The van der Waals surface area contributed by atoms with Crippen molar-refractivity contribution < 1.29 is 14.7 Å². The van der Waals surface area contributed by atoms with Gasteiger partial charge in [-0.15, -0.1) is 0 Å². The Balaban J connectivity index is 2.00. The minimum atomic E-state index is -0.979. The molecule has 0 saturated heterocycles. The van der Waals surface area contributed by atoms with Crippen LogP contribution >= 0.6 is 0 Å². The number of nitrogens with one attached hydrogen (secondary N) is 1. The Morgan fingerprint density at radius 1 is 0.793 bits per heavy atom. The van der Waals surface area contributed by atoms with Gasteiger partial charge in [-0.2, -0.15) is 0 Å². The Morgan fingerprint density at radius 3 is 1.76 bits per heavy atom. The number of hydrogen-bond acceptors (Lipinski definition) is 2. The van der Waals surface area contributed by atoms with Crippen LogP contribution in [-0.2, 0) is 16.0 Å². The first-order valence-electron chi connectivity index (χ1n) is 11.7. The first-order chi connectivity index (χ1) is 14.1. The molecule has 0 aromatic heterocycles. The van der Waals surface area contributed by atoms with Crippen LogP contribution in [0.3, 0.4) is 0 Å². The maximum absolute atomic E-state index is 12.1. The molecule has 2 N–H and O–H groups in total. The van der Waals surface area contributed by atoms with Gasteiger partial charge in [0.05, 0.1) is 0 Å². The first-order valence-corrected chi connectivity index (χ1v) is 11.7. The zero-order valence-electron chi connectivity index (χ0n) is 18.3. The van der Waals surface area contributed by atoms with E-state index in [1.54, 1.807) is 0 Å². The summed E-state index contributed by atoms with van der Waals surface area (Å²) in [4.78, 5) is 23.5. The van der Waals surface area contributed by atoms with Crippen LogP contribution in [0.15, 0.2) is 30.3 Å². The summed E-state index contributed by atoms with van der Waals surface area (Å²) in [6, 6.07) is 8.56. The van der Waals surface area contributed by atoms with Crippen LogP contribution in [0.1, 0.15) is 102 Å². The number of carboxylic acid groups (broad SMARTS) is 1. The van der Waals surface area contributed by atoms with Gasteiger partial charge in [0, 0.05) is 12.8 Å². The lowest BCUT2D eigenvalue weighted by Crippen LogP contribution is -2.42. The highest BCUT2D eigenvalue weighted by molar-refractivity contribution is 5.83. The molecule has 0 bridgehead atoms. The van der Waals surface area contributed by atoms with Gasteiger partial charge in [-0.1, -0.05) is 114 Å². The summed E-state index contributed by atoms with van der Waals surface area (Å²) in [5.74, 6) is -1.14. The van der Waals surface area contributed by atoms with E-state index < -0.39 is 12.0 Å². The molecule has 164 valence electrons. The van der Waals surface area contributed by atoms with Crippen molar-refractivity contribution in [3.63, 3.8) is 0 Å². The van der Waals surface area contributed by atoms with Gasteiger partial charge in [-0.05, 0) is 12.0 Å². The number of unbranched alkanes of at least 4 members (excludes halogenated alkanes) is 12. The number of hydrogen-bond donors (Lipinski definition) is 2. The molecule has 0 aliphatic carbocycles. The van der Waals surface area contributed by atoms with Gasteiger partial charge in [0.25, 0.3) is 0 Å². The van der Waals surface area contributed by atoms with Crippen molar-refractivity contribution in [1.29, 1.82) is 0 Å². The van der Waals surface area contributed by atoms with Gasteiger partial charge in [0.15, 0.2) is 0 Å². The number of carbonyl (C=O) groups excluding carboxylic acids is 1. The molecule has 0 aliphatic rings. The van der Waals surface area contributed by atoms with Crippen LogP contribution in [0.2, 0.25) is 0 Å². The molecule has 4 heteroatoms. The van der Waals surface area contributed by atoms with Gasteiger partial charge < -0.3 is 10.4 Å². The fourth-order valence-electron chi connectivity index (χ4n) is 3.62. The number of carbonyl (C=O) groups is 2. The van der Waals surface area contributed by atoms with E-state index in [1.165, 1.54) is 64.2 Å². The second kappa shape index (κ2) is 17.1. The topological polar surface area (TPSA) is 66.4 Å². The van der Waals surface area contributed by atoms with E-state index in [0.29, 0.717) is 12.8 Å². The minimum Gasteiger partial charge on any atom is -0.480 e. The average Bonchev–Trinajstić information content (AvgIpc) is 2.71. The largest absolute Gasteiger partial charge is 0.480 e. The van der Waals surface area contributed by atoms with Gasteiger partial charge >= 0.3 is 5.97 Å². The standard InChI is InChI=1S/C25H41NO3/c1-2-3-4-5-6-7-8-9-10-11-12-13-17-20-24(27)26-23(25(28)29)21-22-18-15-14-16-19-22/h14-16,18-19,23H,2-13,17,20-21H2,1H3,(H,26,27)(H,28,29). The van der Waals surface area contributed by atoms with E-state index in [9.17, 15) is 14.7 Å². The van der Waals surface area contributed by atoms with E-state index in [2.05, 4.69) is 12.2 Å². The van der Waals surface area contributed by atoms with Crippen LogP contribution in [0, 0.1) is 0 Å². The van der Waals surface area contributed by atoms with Crippen LogP contribution < -0.4 is 5.32 Å². The number of rotatable bonds is 18. The van der Waals surface area contributed by atoms with Crippen molar-refractivity contribution in [3.05, 3.63) is 35.9 Å². The maximum atomic E-state index is 12.1. The van der Waals surface area contributed by atoms with Gasteiger partial charge in [-0.25, -0.2) is 4.79 Å². The van der Waals surface area contributed by atoms with Crippen molar-refractivity contribution in [2.45, 2.75) is 109 Å². The first kappa shape index (κ1) is 25.2. The van der Waals surface area contributed by atoms with Crippen molar-refractivity contribution in [2.24, 2.45) is 0 Å². The quantitative estimate of drug-likeness (QED) is 0.283. The molecule has 1 aromatic carbocycles. The molecule has 0 aliphatic heterocycles. The zero-order valence-corrected chi connectivity index (χ0v) is 18.3. The fraction of sp³-hybridized carbons (Fsp3) is 0.680. The second-order valence-electron chi connectivity index (χ2n) is 8.14. The molecule has 4 nitrogen and oxygen atoms in total. The van der Waals surface area contributed by atoms with E-state index in [-0.39, 0.29) is 5.91 Å². The van der Waals surface area contributed by atoms with Crippen molar-refractivity contribution in [1.82, 2.24) is 5.32 Å². The van der Waals surface area contributed by atoms with Gasteiger partial charge in [-0.3, -0.25) is 4.79 Å². The number of carboxylic acids is 1. The molecule has 1 atom stereocenters. The van der Waals surface area contributed by atoms with Crippen molar-refractivity contribution in [2.75, 3.05) is 0 Å². The lowest BCUT2D eigenvalue weighted by atomic mass is 10.0. The Labute approximate surface area is 177 Å². The highest BCUT2D eigenvalue weighted by Crippen LogP contribution is 2.13. The second-order valence-corrected chi connectivity index (χ2v) is 8.14. The highest BCUT2D eigenvalue weighted by atomic mass is 16.4. The number of benzene rings is 1. The SMILES string of the molecule is CCCCCCCCCCCCCCCC(=O)NC(Cc1ccccc1)C(=O)O. The monoisotopic (exact) mass is 403 g/mol. The number of amides is 1. The Morgan fingerprint density at radius 2 is 1.28 bits per heavy atom. The van der Waals surface area contributed by atoms with Crippen LogP contribution in [0.4, 0.5) is 0 Å². The highest BCUT2D eigenvalue weighted by Gasteiger charge is 2.19. The van der Waals surface area contributed by atoms with E-state index >= 15 is 0 Å². The van der Waals surface area contributed by atoms with Crippen LogP contribution in [-0.4, -0.2) is 23.0 Å². The Bertz CT molecular complexity index is 544. The molecule has 0 radical (unpaired) electrons. The average molecular weight is 404 g/mol. The molecule has 0 fully saturated rings. The Hall–Kier alpha value is -1.84. The third kappa shape index (κ3) is 13.9. The third-order valence-corrected chi connectivity index (χ3v) is 5.42. The summed E-state index contributed by atoms with van der Waals surface area (Å²) in [6.07, 6.45) is 17.2. The van der Waals surface area contributed by atoms with Crippen molar-refractivity contribution in [3.8, 4) is 0 Å². The van der Waals surface area contributed by atoms with Crippen LogP contribution in [0.5, 0.6) is 0 Å². The molecular weight excluding hydrogens is 362 g/mol. The normalized spacial score (nSPS) is 11.9. The molecule has 1 amide bonds. The molecule has 0 spiro atoms. The molecular formula is C25H41NO3. The molecule has 1 rings (SSSR count). The minimum absolute atomic E-state index is 0.156. The van der Waals surface area contributed by atoms with Gasteiger partial charge in [0.1, 0.15) is 6.04 Å². The molecule has 0 heterocycles. The predicted octanol–water partition coefficient (Wildman–Crippen LogP) is 6.28. The molecule has 1 aromatic rings. The summed E-state index contributed by atoms with van der Waals surface area (Å²) in [7, 11) is 0. The summed E-state index contributed by atoms with van der Waals surface area (Å²) < 4.78 is 0. The number of aliphatic carboxylic acids is 1.